The van der Waals surface area contributed by atoms with Crippen molar-refractivity contribution < 1.29 is 14.3 Å². The Bertz CT molecular complexity index is 245. The van der Waals surface area contributed by atoms with E-state index in [1.807, 2.05) is 0 Å². The summed E-state index contributed by atoms with van der Waals surface area (Å²) in [5, 5.41) is 0. The lowest BCUT2D eigenvalue weighted by Crippen LogP contribution is -2.09. The molecule has 0 aromatic rings. The second-order valence-electron chi connectivity index (χ2n) is 3.46. The van der Waals surface area contributed by atoms with Crippen LogP contribution in [0.25, 0.3) is 0 Å². The molecular formula is C11H16O3. The largest absolute Gasteiger partial charge is 0.466 e. The molecule has 0 amide bonds. The first kappa shape index (κ1) is 11.0. The summed E-state index contributed by atoms with van der Waals surface area (Å²) in [6.45, 7) is 2.07. The Hall–Kier alpha value is -1.12. The molecule has 3 heteroatoms. The summed E-state index contributed by atoms with van der Waals surface area (Å²) in [6.07, 6.45) is 5.85. The fourth-order valence-electron chi connectivity index (χ4n) is 1.61. The summed E-state index contributed by atoms with van der Waals surface area (Å²) in [5.41, 5.74) is 1.18. The van der Waals surface area contributed by atoms with Crippen LogP contribution in [0.1, 0.15) is 39.0 Å². The number of ketones is 1. The molecule has 1 aliphatic carbocycles. The number of hydrogen-bond donors (Lipinski definition) is 0. The molecule has 0 aromatic carbocycles. The van der Waals surface area contributed by atoms with Gasteiger partial charge < -0.3 is 4.74 Å². The van der Waals surface area contributed by atoms with Crippen LogP contribution < -0.4 is 0 Å². The van der Waals surface area contributed by atoms with Crippen molar-refractivity contribution in [2.24, 2.45) is 0 Å². The zero-order chi connectivity index (χ0) is 10.4. The van der Waals surface area contributed by atoms with Crippen molar-refractivity contribution in [2.45, 2.75) is 39.0 Å². The summed E-state index contributed by atoms with van der Waals surface area (Å²) >= 11 is 0. The fourth-order valence-corrected chi connectivity index (χ4v) is 1.61. The van der Waals surface area contributed by atoms with Gasteiger partial charge >= 0.3 is 5.97 Å². The van der Waals surface area contributed by atoms with Gasteiger partial charge in [-0.05, 0) is 38.7 Å². The van der Waals surface area contributed by atoms with Crippen LogP contribution in [0.4, 0.5) is 0 Å². The number of hydrogen-bond acceptors (Lipinski definition) is 3. The second-order valence-corrected chi connectivity index (χ2v) is 3.46. The van der Waals surface area contributed by atoms with E-state index in [-0.39, 0.29) is 12.2 Å². The van der Waals surface area contributed by atoms with Crippen LogP contribution in [-0.4, -0.2) is 18.4 Å². The molecular weight excluding hydrogens is 180 g/mol. The molecule has 0 saturated heterocycles. The highest BCUT2D eigenvalue weighted by Gasteiger charge is 2.11. The monoisotopic (exact) mass is 196 g/mol. The highest BCUT2D eigenvalue weighted by Crippen LogP contribution is 2.23. The average molecular weight is 196 g/mol. The molecule has 3 nitrogen and oxygen atoms in total. The lowest BCUT2D eigenvalue weighted by Gasteiger charge is -1.99. The number of ether oxygens (including phenoxy) is 1. The third-order valence-corrected chi connectivity index (χ3v) is 2.23. The van der Waals surface area contributed by atoms with Crippen LogP contribution in [0.15, 0.2) is 11.6 Å². The van der Waals surface area contributed by atoms with Gasteiger partial charge in [0.2, 0.25) is 0 Å². The predicted molar refractivity (Wildman–Crippen MR) is 52.8 cm³/mol. The smallest absolute Gasteiger partial charge is 0.313 e. The molecule has 0 spiro atoms. The van der Waals surface area contributed by atoms with Crippen molar-refractivity contribution >= 4 is 11.8 Å². The maximum absolute atomic E-state index is 11.3. The summed E-state index contributed by atoms with van der Waals surface area (Å²) in [5.74, 6) is -0.548. The summed E-state index contributed by atoms with van der Waals surface area (Å²) in [6, 6.07) is 0. The van der Waals surface area contributed by atoms with Crippen molar-refractivity contribution in [3.63, 3.8) is 0 Å². The maximum atomic E-state index is 11.3. The molecule has 0 aliphatic heterocycles. The highest BCUT2D eigenvalue weighted by atomic mass is 16.5. The maximum Gasteiger partial charge on any atom is 0.313 e. The zero-order valence-corrected chi connectivity index (χ0v) is 8.54. The molecule has 0 atom stereocenters. The van der Waals surface area contributed by atoms with Gasteiger partial charge in [0.05, 0.1) is 6.61 Å². The third kappa shape index (κ3) is 3.73. The number of carbonyl (C=O) groups excluding carboxylic acids is 2. The number of allylic oxidation sites excluding steroid dienone is 2. The number of esters is 1. The minimum atomic E-state index is -0.424. The lowest BCUT2D eigenvalue weighted by atomic mass is 10.1. The van der Waals surface area contributed by atoms with Crippen LogP contribution in [0, 0.1) is 0 Å². The first-order valence-corrected chi connectivity index (χ1v) is 5.10. The van der Waals surface area contributed by atoms with E-state index in [9.17, 15) is 9.59 Å². The summed E-state index contributed by atoms with van der Waals surface area (Å²) < 4.78 is 4.69. The van der Waals surface area contributed by atoms with Crippen molar-refractivity contribution in [2.75, 3.05) is 6.61 Å². The first-order valence-electron chi connectivity index (χ1n) is 5.10. The Labute approximate surface area is 84.1 Å². The molecule has 78 valence electrons. The standard InChI is InChI=1S/C11H16O3/c1-2-14-11(13)8-10(12)7-9-5-3-4-6-9/h7H,2-6,8H2,1H3. The molecule has 0 bridgehead atoms. The second kappa shape index (κ2) is 5.58. The van der Waals surface area contributed by atoms with Gasteiger partial charge in [-0.15, -0.1) is 0 Å². The first-order chi connectivity index (χ1) is 6.72. The summed E-state index contributed by atoms with van der Waals surface area (Å²) in [4.78, 5) is 22.3. The SMILES string of the molecule is CCOC(=O)CC(=O)C=C1CCCC1. The molecule has 0 unspecified atom stereocenters. The van der Waals surface area contributed by atoms with E-state index in [1.165, 1.54) is 18.4 Å². The van der Waals surface area contributed by atoms with Crippen LogP contribution in [0.2, 0.25) is 0 Å². The molecule has 14 heavy (non-hydrogen) atoms. The van der Waals surface area contributed by atoms with E-state index >= 15 is 0 Å². The molecule has 1 fully saturated rings. The van der Waals surface area contributed by atoms with Gasteiger partial charge in [-0.2, -0.15) is 0 Å². The van der Waals surface area contributed by atoms with Crippen molar-refractivity contribution in [1.82, 2.24) is 0 Å². The molecule has 1 rings (SSSR count). The molecule has 0 heterocycles. The predicted octanol–water partition coefficient (Wildman–Crippen LogP) is 2.01. The normalized spacial score (nSPS) is 15.4. The Morgan fingerprint density at radius 2 is 2.00 bits per heavy atom. The highest BCUT2D eigenvalue weighted by molar-refractivity contribution is 6.02. The van der Waals surface area contributed by atoms with Crippen LogP contribution in [0.5, 0.6) is 0 Å². The van der Waals surface area contributed by atoms with Crippen LogP contribution in [-0.2, 0) is 14.3 Å². The molecule has 0 radical (unpaired) electrons. The molecule has 1 aliphatic rings. The van der Waals surface area contributed by atoms with Crippen LogP contribution >= 0.6 is 0 Å². The van der Waals surface area contributed by atoms with Gasteiger partial charge in [-0.1, -0.05) is 5.57 Å². The fraction of sp³-hybridized carbons (Fsp3) is 0.636. The zero-order valence-electron chi connectivity index (χ0n) is 8.54. The van der Waals surface area contributed by atoms with Gasteiger partial charge in [0.1, 0.15) is 6.42 Å². The van der Waals surface area contributed by atoms with Gasteiger partial charge in [0.25, 0.3) is 0 Å². The van der Waals surface area contributed by atoms with Crippen molar-refractivity contribution in [1.29, 1.82) is 0 Å². The number of rotatable bonds is 4. The van der Waals surface area contributed by atoms with E-state index in [0.29, 0.717) is 6.61 Å². The Morgan fingerprint density at radius 1 is 1.36 bits per heavy atom. The van der Waals surface area contributed by atoms with Gasteiger partial charge in [0.15, 0.2) is 5.78 Å². The van der Waals surface area contributed by atoms with E-state index in [1.54, 1.807) is 13.0 Å². The average Bonchev–Trinajstić information content (AvgIpc) is 2.56. The Morgan fingerprint density at radius 3 is 2.57 bits per heavy atom. The minimum absolute atomic E-state index is 0.114. The van der Waals surface area contributed by atoms with Crippen LogP contribution in [0.3, 0.4) is 0 Å². The number of carbonyl (C=O) groups is 2. The van der Waals surface area contributed by atoms with E-state index < -0.39 is 5.97 Å². The van der Waals surface area contributed by atoms with Gasteiger partial charge in [-0.25, -0.2) is 0 Å². The van der Waals surface area contributed by atoms with Gasteiger partial charge in [-0.3, -0.25) is 9.59 Å². The van der Waals surface area contributed by atoms with Crippen molar-refractivity contribution in [3.8, 4) is 0 Å². The minimum Gasteiger partial charge on any atom is -0.466 e. The van der Waals surface area contributed by atoms with E-state index in [2.05, 4.69) is 4.74 Å². The molecule has 1 saturated carbocycles. The quantitative estimate of drug-likeness (QED) is 0.392. The lowest BCUT2D eigenvalue weighted by molar-refractivity contribution is -0.144. The van der Waals surface area contributed by atoms with Gasteiger partial charge in [0, 0.05) is 0 Å². The Balaban J connectivity index is 2.34. The van der Waals surface area contributed by atoms with E-state index in [4.69, 9.17) is 0 Å². The topological polar surface area (TPSA) is 43.4 Å². The Kier molecular flexibility index (Phi) is 4.36. The third-order valence-electron chi connectivity index (χ3n) is 2.23. The van der Waals surface area contributed by atoms with Crippen molar-refractivity contribution in [3.05, 3.63) is 11.6 Å². The summed E-state index contributed by atoms with van der Waals surface area (Å²) in [7, 11) is 0. The molecule has 0 N–H and O–H groups in total. The molecule has 0 aromatic heterocycles. The van der Waals surface area contributed by atoms with E-state index in [0.717, 1.165) is 12.8 Å².